The van der Waals surface area contributed by atoms with Crippen molar-refractivity contribution < 1.29 is 9.32 Å². The van der Waals surface area contributed by atoms with Gasteiger partial charge in [0.2, 0.25) is 0 Å². The van der Waals surface area contributed by atoms with Gasteiger partial charge in [-0.1, -0.05) is 12.1 Å². The molecule has 1 atom stereocenters. The number of rotatable bonds is 4. The molecule has 6 heteroatoms. The Balaban J connectivity index is 1.79. The second kappa shape index (κ2) is 5.71. The maximum atomic E-state index is 12.6. The molecule has 6 nitrogen and oxygen atoms in total. The van der Waals surface area contributed by atoms with E-state index in [0.29, 0.717) is 5.69 Å². The summed E-state index contributed by atoms with van der Waals surface area (Å²) in [6.45, 7) is 2.85. The number of nitrogens with zero attached hydrogens (tertiary/aromatic N) is 4. The zero-order chi connectivity index (χ0) is 14.8. The summed E-state index contributed by atoms with van der Waals surface area (Å²) in [6.07, 6.45) is 5.60. The van der Waals surface area contributed by atoms with Gasteiger partial charge in [0, 0.05) is 32.3 Å². The zero-order valence-corrected chi connectivity index (χ0v) is 12.5. The summed E-state index contributed by atoms with van der Waals surface area (Å²) in [4.78, 5) is 14.4. The van der Waals surface area contributed by atoms with Crippen LogP contribution < -0.4 is 0 Å². The second-order valence-corrected chi connectivity index (χ2v) is 5.50. The fraction of sp³-hybridized carbons (Fsp3) is 0.533. The van der Waals surface area contributed by atoms with Gasteiger partial charge >= 0.3 is 0 Å². The molecule has 0 bridgehead atoms. The van der Waals surface area contributed by atoms with Crippen molar-refractivity contribution in [1.29, 1.82) is 0 Å². The van der Waals surface area contributed by atoms with Crippen molar-refractivity contribution in [2.75, 3.05) is 6.54 Å². The zero-order valence-electron chi connectivity index (χ0n) is 12.5. The van der Waals surface area contributed by atoms with Gasteiger partial charge in [-0.3, -0.25) is 9.48 Å². The number of amides is 1. The molecule has 0 saturated carbocycles. The fourth-order valence-corrected chi connectivity index (χ4v) is 2.84. The van der Waals surface area contributed by atoms with Crippen LogP contribution in [0.3, 0.4) is 0 Å². The van der Waals surface area contributed by atoms with E-state index in [0.717, 1.165) is 43.7 Å². The van der Waals surface area contributed by atoms with E-state index in [-0.39, 0.29) is 11.9 Å². The van der Waals surface area contributed by atoms with Gasteiger partial charge < -0.3 is 9.42 Å². The lowest BCUT2D eigenvalue weighted by Crippen LogP contribution is -2.31. The summed E-state index contributed by atoms with van der Waals surface area (Å²) in [5, 5.41) is 8.35. The topological polar surface area (TPSA) is 64.2 Å². The number of aromatic nitrogens is 3. The number of carbonyl (C=O) groups excluding carboxylic acids is 1. The maximum absolute atomic E-state index is 12.6. The Morgan fingerprint density at radius 2 is 2.38 bits per heavy atom. The monoisotopic (exact) mass is 288 g/mol. The van der Waals surface area contributed by atoms with Crippen LogP contribution in [0.25, 0.3) is 0 Å². The van der Waals surface area contributed by atoms with E-state index < -0.39 is 0 Å². The summed E-state index contributed by atoms with van der Waals surface area (Å²) in [5.74, 6) is 0.864. The van der Waals surface area contributed by atoms with Crippen molar-refractivity contribution in [3.8, 4) is 0 Å². The van der Waals surface area contributed by atoms with Crippen molar-refractivity contribution in [2.24, 2.45) is 7.05 Å². The molecule has 0 unspecified atom stereocenters. The van der Waals surface area contributed by atoms with Crippen LogP contribution in [0.5, 0.6) is 0 Å². The summed E-state index contributed by atoms with van der Waals surface area (Å²) in [6, 6.07) is 3.75. The van der Waals surface area contributed by atoms with Crippen molar-refractivity contribution in [1.82, 2.24) is 19.8 Å². The van der Waals surface area contributed by atoms with Crippen LogP contribution in [0.15, 0.2) is 22.9 Å². The third-order valence-electron chi connectivity index (χ3n) is 3.86. The van der Waals surface area contributed by atoms with Gasteiger partial charge in [-0.15, -0.1) is 0 Å². The standard InChI is InChI=1S/C15H20N4O2/c1-3-5-11-10-13(17-21-11)14-6-4-8-19(14)15(20)12-7-9-18(2)16-12/h7,9-10,14H,3-6,8H2,1-2H3/t14-/m0/s1. The van der Waals surface area contributed by atoms with Gasteiger partial charge in [0.05, 0.1) is 6.04 Å². The van der Waals surface area contributed by atoms with Crippen molar-refractivity contribution in [3.63, 3.8) is 0 Å². The molecule has 0 radical (unpaired) electrons. The first kappa shape index (κ1) is 13.9. The van der Waals surface area contributed by atoms with E-state index in [1.807, 2.05) is 18.0 Å². The molecule has 3 rings (SSSR count). The van der Waals surface area contributed by atoms with Gasteiger partial charge in [0.15, 0.2) is 0 Å². The first-order chi connectivity index (χ1) is 10.2. The SMILES string of the molecule is CCCc1cc([C@@H]2CCCN2C(=O)c2ccn(C)n2)no1. The molecular formula is C15H20N4O2. The quantitative estimate of drug-likeness (QED) is 0.866. The Bertz CT molecular complexity index is 631. The van der Waals surface area contributed by atoms with Crippen LogP contribution in [0.4, 0.5) is 0 Å². The highest BCUT2D eigenvalue weighted by Gasteiger charge is 2.33. The summed E-state index contributed by atoms with van der Waals surface area (Å²) >= 11 is 0. The first-order valence-electron chi connectivity index (χ1n) is 7.45. The van der Waals surface area contributed by atoms with Crippen LogP contribution >= 0.6 is 0 Å². The molecule has 2 aromatic heterocycles. The minimum Gasteiger partial charge on any atom is -0.361 e. The molecular weight excluding hydrogens is 268 g/mol. The Morgan fingerprint density at radius 3 is 3.10 bits per heavy atom. The molecule has 3 heterocycles. The average Bonchev–Trinajstić information content (AvgIpc) is 3.17. The number of hydrogen-bond acceptors (Lipinski definition) is 4. The molecule has 1 fully saturated rings. The van der Waals surface area contributed by atoms with Gasteiger partial charge in [0.1, 0.15) is 17.1 Å². The summed E-state index contributed by atoms with van der Waals surface area (Å²) < 4.78 is 6.99. The Morgan fingerprint density at radius 1 is 1.52 bits per heavy atom. The van der Waals surface area contributed by atoms with E-state index in [4.69, 9.17) is 4.52 Å². The number of likely N-dealkylation sites (tertiary alicyclic amines) is 1. The van der Waals surface area contributed by atoms with Gasteiger partial charge in [-0.2, -0.15) is 5.10 Å². The van der Waals surface area contributed by atoms with E-state index in [1.165, 1.54) is 0 Å². The maximum Gasteiger partial charge on any atom is 0.274 e. The van der Waals surface area contributed by atoms with Gasteiger partial charge in [0.25, 0.3) is 5.91 Å². The predicted octanol–water partition coefficient (Wildman–Crippen LogP) is 2.34. The molecule has 21 heavy (non-hydrogen) atoms. The van der Waals surface area contributed by atoms with Crippen LogP contribution in [-0.4, -0.2) is 32.3 Å². The van der Waals surface area contributed by atoms with Crippen LogP contribution in [0.2, 0.25) is 0 Å². The minimum atomic E-state index is -0.0295. The van der Waals surface area contributed by atoms with Crippen LogP contribution in [0, 0.1) is 0 Å². The normalized spacial score (nSPS) is 18.4. The Kier molecular flexibility index (Phi) is 3.77. The number of hydrogen-bond donors (Lipinski definition) is 0. The Labute approximate surface area is 123 Å². The van der Waals surface area contributed by atoms with Crippen molar-refractivity contribution in [3.05, 3.63) is 35.5 Å². The van der Waals surface area contributed by atoms with Crippen molar-refractivity contribution in [2.45, 2.75) is 38.6 Å². The molecule has 0 aliphatic carbocycles. The molecule has 0 N–H and O–H groups in total. The highest BCUT2D eigenvalue weighted by Crippen LogP contribution is 2.32. The molecule has 1 aliphatic heterocycles. The first-order valence-corrected chi connectivity index (χ1v) is 7.45. The number of aryl methyl sites for hydroxylation is 2. The lowest BCUT2D eigenvalue weighted by Gasteiger charge is -2.21. The van der Waals surface area contributed by atoms with Gasteiger partial charge in [-0.05, 0) is 25.3 Å². The number of carbonyl (C=O) groups is 1. The summed E-state index contributed by atoms with van der Waals surface area (Å²) in [5.41, 5.74) is 1.35. The van der Waals surface area contributed by atoms with E-state index >= 15 is 0 Å². The largest absolute Gasteiger partial charge is 0.361 e. The van der Waals surface area contributed by atoms with Crippen LogP contribution in [-0.2, 0) is 13.5 Å². The second-order valence-electron chi connectivity index (χ2n) is 5.50. The fourth-order valence-electron chi connectivity index (χ4n) is 2.84. The van der Waals surface area contributed by atoms with E-state index in [1.54, 1.807) is 16.9 Å². The van der Waals surface area contributed by atoms with E-state index in [2.05, 4.69) is 17.2 Å². The lowest BCUT2D eigenvalue weighted by molar-refractivity contribution is 0.0724. The molecule has 2 aromatic rings. The predicted molar refractivity (Wildman–Crippen MR) is 76.7 cm³/mol. The molecule has 1 saturated heterocycles. The lowest BCUT2D eigenvalue weighted by atomic mass is 10.1. The molecule has 1 aliphatic rings. The van der Waals surface area contributed by atoms with Crippen molar-refractivity contribution >= 4 is 5.91 Å². The summed E-state index contributed by atoms with van der Waals surface area (Å²) in [7, 11) is 1.81. The highest BCUT2D eigenvalue weighted by atomic mass is 16.5. The third-order valence-corrected chi connectivity index (χ3v) is 3.86. The smallest absolute Gasteiger partial charge is 0.274 e. The average molecular weight is 288 g/mol. The van der Waals surface area contributed by atoms with E-state index in [9.17, 15) is 4.79 Å². The molecule has 1 amide bonds. The third kappa shape index (κ3) is 2.70. The molecule has 112 valence electrons. The Hall–Kier alpha value is -2.11. The minimum absolute atomic E-state index is 0.00821. The highest BCUT2D eigenvalue weighted by molar-refractivity contribution is 5.92. The molecule has 0 aromatic carbocycles. The van der Waals surface area contributed by atoms with Crippen LogP contribution in [0.1, 0.15) is 54.2 Å². The molecule has 0 spiro atoms. The van der Waals surface area contributed by atoms with Gasteiger partial charge in [-0.25, -0.2) is 0 Å².